The van der Waals surface area contributed by atoms with Crippen molar-refractivity contribution in [2.24, 2.45) is 5.92 Å². The maximum Gasteiger partial charge on any atom is 0.251 e. The molecular weight excluding hydrogens is 418 g/mol. The highest BCUT2D eigenvalue weighted by atomic mass is 32.2. The molecule has 0 spiro atoms. The Morgan fingerprint density at radius 2 is 1.69 bits per heavy atom. The minimum Gasteiger partial charge on any atom is -0.342 e. The van der Waals surface area contributed by atoms with Crippen molar-refractivity contribution in [3.05, 3.63) is 24.3 Å². The van der Waals surface area contributed by atoms with Crippen LogP contribution in [0.5, 0.6) is 0 Å². The molecule has 2 heterocycles. The van der Waals surface area contributed by atoms with Crippen LogP contribution in [0.3, 0.4) is 0 Å². The first-order valence-corrected chi connectivity index (χ1v) is 12.5. The number of carbonyl (C=O) groups excluding carboxylic acids is 1. The zero-order valence-corrected chi connectivity index (χ0v) is 17.9. The molecule has 1 aromatic rings. The lowest BCUT2D eigenvalue weighted by molar-refractivity contribution is -0.142. The normalized spacial score (nSPS) is 25.7. The van der Waals surface area contributed by atoms with Crippen molar-refractivity contribution in [1.82, 2.24) is 9.21 Å². The van der Waals surface area contributed by atoms with Gasteiger partial charge in [0.1, 0.15) is 0 Å². The van der Waals surface area contributed by atoms with E-state index in [0.717, 1.165) is 4.90 Å². The predicted molar refractivity (Wildman–Crippen MR) is 108 cm³/mol. The van der Waals surface area contributed by atoms with Gasteiger partial charge >= 0.3 is 0 Å². The summed E-state index contributed by atoms with van der Waals surface area (Å²) in [7, 11) is -3.67. The zero-order chi connectivity index (χ0) is 20.6. The topological polar surface area (TPSA) is 57.7 Å². The summed E-state index contributed by atoms with van der Waals surface area (Å²) < 4.78 is 54.2. The van der Waals surface area contributed by atoms with Gasteiger partial charge < -0.3 is 4.90 Å². The Bertz CT molecular complexity index is 847. The number of likely N-dealkylation sites (tertiary alicyclic amines) is 1. The largest absolute Gasteiger partial charge is 0.342 e. The second kappa shape index (κ2) is 8.15. The van der Waals surface area contributed by atoms with Crippen molar-refractivity contribution in [1.29, 1.82) is 0 Å². The van der Waals surface area contributed by atoms with E-state index in [1.54, 1.807) is 23.9 Å². The van der Waals surface area contributed by atoms with Gasteiger partial charge in [-0.05, 0) is 49.9 Å². The monoisotopic (exact) mass is 444 g/mol. The first-order valence-electron chi connectivity index (χ1n) is 10.2. The van der Waals surface area contributed by atoms with Gasteiger partial charge in [-0.25, -0.2) is 17.2 Å². The van der Waals surface area contributed by atoms with E-state index in [2.05, 4.69) is 0 Å². The molecule has 1 amide bonds. The average molecular weight is 445 g/mol. The van der Waals surface area contributed by atoms with E-state index in [0.29, 0.717) is 24.6 Å². The molecule has 3 fully saturated rings. The number of piperidine rings is 2. The Labute approximate surface area is 174 Å². The van der Waals surface area contributed by atoms with Gasteiger partial charge in [0.2, 0.25) is 15.9 Å². The summed E-state index contributed by atoms with van der Waals surface area (Å²) in [4.78, 5) is 15.6. The molecule has 2 saturated heterocycles. The highest BCUT2D eigenvalue weighted by Gasteiger charge is 2.39. The average Bonchev–Trinajstić information content (AvgIpc) is 3.52. The molecule has 5 nitrogen and oxygen atoms in total. The van der Waals surface area contributed by atoms with Crippen LogP contribution < -0.4 is 0 Å². The van der Waals surface area contributed by atoms with Crippen LogP contribution in [0.15, 0.2) is 34.1 Å². The third kappa shape index (κ3) is 4.94. The number of halogens is 2. The predicted octanol–water partition coefficient (Wildman–Crippen LogP) is 3.60. The highest BCUT2D eigenvalue weighted by molar-refractivity contribution is 8.00. The van der Waals surface area contributed by atoms with Gasteiger partial charge in [-0.3, -0.25) is 4.79 Å². The number of hydrogen-bond acceptors (Lipinski definition) is 4. The summed E-state index contributed by atoms with van der Waals surface area (Å²) >= 11 is 1.77. The Morgan fingerprint density at radius 3 is 2.31 bits per heavy atom. The van der Waals surface area contributed by atoms with Crippen LogP contribution in [0.25, 0.3) is 0 Å². The molecule has 0 radical (unpaired) electrons. The van der Waals surface area contributed by atoms with Gasteiger partial charge in [-0.1, -0.05) is 0 Å². The molecule has 3 aliphatic rings. The minimum atomic E-state index is -3.67. The standard InChI is InChI=1S/C20H26F2N2O3S2/c21-20(22)9-12-23(13-10-20)19(25)15-2-1-11-24(14-15)29(26,27)18-7-5-17(6-8-18)28-16-3-4-16/h5-8,15-16H,1-4,9-14H2/t15-/m1/s1. The number of rotatable bonds is 5. The second-order valence-corrected chi connectivity index (χ2v) is 11.5. The second-order valence-electron chi connectivity index (χ2n) is 8.17. The van der Waals surface area contributed by atoms with E-state index in [9.17, 15) is 22.0 Å². The summed E-state index contributed by atoms with van der Waals surface area (Å²) in [5.41, 5.74) is 0. The Hall–Kier alpha value is -1.19. The molecule has 1 atom stereocenters. The van der Waals surface area contributed by atoms with E-state index < -0.39 is 21.9 Å². The Kier molecular flexibility index (Phi) is 5.92. The lowest BCUT2D eigenvalue weighted by Gasteiger charge is -2.37. The lowest BCUT2D eigenvalue weighted by atomic mass is 9.96. The van der Waals surface area contributed by atoms with Crippen LogP contribution in [-0.2, 0) is 14.8 Å². The fourth-order valence-electron chi connectivity index (χ4n) is 3.89. The third-order valence-electron chi connectivity index (χ3n) is 5.83. The number of alkyl halides is 2. The Balaban J connectivity index is 1.41. The van der Waals surface area contributed by atoms with Gasteiger partial charge in [-0.15, -0.1) is 11.8 Å². The SMILES string of the molecule is O=C([C@@H]1CCCN(S(=O)(=O)c2ccc(SC3CC3)cc2)C1)N1CCC(F)(F)CC1. The third-order valence-corrected chi connectivity index (χ3v) is 9.06. The number of thioether (sulfide) groups is 1. The van der Waals surface area contributed by atoms with Crippen LogP contribution in [0.1, 0.15) is 38.5 Å². The van der Waals surface area contributed by atoms with E-state index in [1.165, 1.54) is 22.0 Å². The summed E-state index contributed by atoms with van der Waals surface area (Å²) in [6.45, 7) is 0.569. The molecule has 0 aromatic heterocycles. The summed E-state index contributed by atoms with van der Waals surface area (Å²) in [6.07, 6.45) is 2.96. The van der Waals surface area contributed by atoms with E-state index in [4.69, 9.17) is 0 Å². The van der Waals surface area contributed by atoms with Gasteiger partial charge in [-0.2, -0.15) is 4.31 Å². The molecule has 0 unspecified atom stereocenters. The molecule has 9 heteroatoms. The fourth-order valence-corrected chi connectivity index (χ4v) is 6.47. The minimum absolute atomic E-state index is 0.0369. The molecule has 0 N–H and O–H groups in total. The lowest BCUT2D eigenvalue weighted by Crippen LogP contribution is -2.49. The summed E-state index contributed by atoms with van der Waals surface area (Å²) in [6, 6.07) is 6.96. The van der Waals surface area contributed by atoms with Crippen LogP contribution in [0, 0.1) is 5.92 Å². The molecule has 2 aliphatic heterocycles. The van der Waals surface area contributed by atoms with Gasteiger partial charge in [0.15, 0.2) is 0 Å². The quantitative estimate of drug-likeness (QED) is 0.696. The first-order chi connectivity index (χ1) is 13.7. The molecule has 160 valence electrons. The van der Waals surface area contributed by atoms with Gasteiger partial charge in [0.05, 0.1) is 10.8 Å². The number of benzene rings is 1. The van der Waals surface area contributed by atoms with E-state index in [-0.39, 0.29) is 43.3 Å². The van der Waals surface area contributed by atoms with E-state index in [1.807, 2.05) is 12.1 Å². The molecule has 1 saturated carbocycles. The van der Waals surface area contributed by atoms with E-state index >= 15 is 0 Å². The highest BCUT2D eigenvalue weighted by Crippen LogP contribution is 2.39. The fraction of sp³-hybridized carbons (Fsp3) is 0.650. The number of nitrogens with zero attached hydrogens (tertiary/aromatic N) is 2. The maximum absolute atomic E-state index is 13.4. The molecular formula is C20H26F2N2O3S2. The number of sulfonamides is 1. The van der Waals surface area contributed by atoms with Crippen LogP contribution in [0.2, 0.25) is 0 Å². The van der Waals surface area contributed by atoms with Crippen molar-refractivity contribution in [3.8, 4) is 0 Å². The maximum atomic E-state index is 13.4. The zero-order valence-electron chi connectivity index (χ0n) is 16.2. The Morgan fingerprint density at radius 1 is 1.03 bits per heavy atom. The van der Waals surface area contributed by atoms with Crippen molar-refractivity contribution in [3.63, 3.8) is 0 Å². The first kappa shape index (κ1) is 21.1. The van der Waals surface area contributed by atoms with Gasteiger partial charge in [0, 0.05) is 49.2 Å². The van der Waals surface area contributed by atoms with Crippen molar-refractivity contribution < 1.29 is 22.0 Å². The number of hydrogen-bond donors (Lipinski definition) is 0. The molecule has 0 bridgehead atoms. The molecule has 29 heavy (non-hydrogen) atoms. The smallest absolute Gasteiger partial charge is 0.251 e. The van der Waals surface area contributed by atoms with Crippen molar-refractivity contribution >= 4 is 27.7 Å². The summed E-state index contributed by atoms with van der Waals surface area (Å²) in [5.74, 6) is -3.37. The van der Waals surface area contributed by atoms with Crippen molar-refractivity contribution in [2.45, 2.75) is 59.5 Å². The molecule has 1 aromatic carbocycles. The van der Waals surface area contributed by atoms with Crippen LogP contribution in [-0.4, -0.2) is 60.9 Å². The number of carbonyl (C=O) groups is 1. The number of amides is 1. The van der Waals surface area contributed by atoms with Crippen LogP contribution in [0.4, 0.5) is 8.78 Å². The van der Waals surface area contributed by atoms with Crippen molar-refractivity contribution in [2.75, 3.05) is 26.2 Å². The summed E-state index contributed by atoms with van der Waals surface area (Å²) in [5, 5.41) is 0.654. The molecule has 4 rings (SSSR count). The van der Waals surface area contributed by atoms with Crippen LogP contribution >= 0.6 is 11.8 Å². The molecule has 1 aliphatic carbocycles. The van der Waals surface area contributed by atoms with Gasteiger partial charge in [0.25, 0.3) is 5.92 Å².